The first-order chi connectivity index (χ1) is 15.9. The number of amides is 2. The van der Waals surface area contributed by atoms with Gasteiger partial charge in [-0.3, -0.25) is 9.59 Å². The molecule has 3 rings (SSSR count). The third kappa shape index (κ3) is 8.00. The molecule has 0 atom stereocenters. The SMILES string of the molecule is Cc1cccc(C(=O)Nc2ccc(NCC(=O)Nc3cccc(OCCC(C)C)c3)cc2)c1. The third-order valence-electron chi connectivity index (χ3n) is 4.96. The summed E-state index contributed by atoms with van der Waals surface area (Å²) in [6, 6.07) is 22.1. The van der Waals surface area contributed by atoms with E-state index in [4.69, 9.17) is 4.74 Å². The van der Waals surface area contributed by atoms with Gasteiger partial charge in [-0.05, 0) is 67.8 Å². The maximum atomic E-state index is 12.4. The van der Waals surface area contributed by atoms with Gasteiger partial charge in [-0.1, -0.05) is 37.6 Å². The topological polar surface area (TPSA) is 79.5 Å². The van der Waals surface area contributed by atoms with Crippen LogP contribution in [0.2, 0.25) is 0 Å². The number of hydrogen-bond donors (Lipinski definition) is 3. The zero-order valence-electron chi connectivity index (χ0n) is 19.4. The molecule has 6 nitrogen and oxygen atoms in total. The Hall–Kier alpha value is -3.80. The molecule has 0 fully saturated rings. The van der Waals surface area contributed by atoms with E-state index in [9.17, 15) is 9.59 Å². The van der Waals surface area contributed by atoms with Crippen molar-refractivity contribution in [3.63, 3.8) is 0 Å². The van der Waals surface area contributed by atoms with Gasteiger partial charge in [0.1, 0.15) is 5.75 Å². The van der Waals surface area contributed by atoms with Crippen molar-refractivity contribution in [3.8, 4) is 5.75 Å². The summed E-state index contributed by atoms with van der Waals surface area (Å²) in [6.45, 7) is 7.03. The Morgan fingerprint density at radius 3 is 2.30 bits per heavy atom. The largest absolute Gasteiger partial charge is 0.494 e. The first kappa shape index (κ1) is 23.9. The number of hydrogen-bond acceptors (Lipinski definition) is 4. The summed E-state index contributed by atoms with van der Waals surface area (Å²) in [4.78, 5) is 24.7. The first-order valence-corrected chi connectivity index (χ1v) is 11.1. The second kappa shape index (κ2) is 11.7. The molecule has 172 valence electrons. The van der Waals surface area contributed by atoms with Gasteiger partial charge in [-0.2, -0.15) is 0 Å². The molecular formula is C27H31N3O3. The van der Waals surface area contributed by atoms with Gasteiger partial charge in [0.2, 0.25) is 5.91 Å². The number of carbonyl (C=O) groups is 2. The fourth-order valence-corrected chi connectivity index (χ4v) is 3.12. The molecule has 3 aromatic rings. The summed E-state index contributed by atoms with van der Waals surface area (Å²) >= 11 is 0. The van der Waals surface area contributed by atoms with Crippen LogP contribution >= 0.6 is 0 Å². The third-order valence-corrected chi connectivity index (χ3v) is 4.96. The Bertz CT molecular complexity index is 1080. The van der Waals surface area contributed by atoms with Crippen LogP contribution in [0.1, 0.15) is 36.2 Å². The van der Waals surface area contributed by atoms with E-state index >= 15 is 0 Å². The summed E-state index contributed by atoms with van der Waals surface area (Å²) in [6.07, 6.45) is 0.981. The summed E-state index contributed by atoms with van der Waals surface area (Å²) < 4.78 is 5.74. The molecule has 33 heavy (non-hydrogen) atoms. The number of carbonyl (C=O) groups excluding carboxylic acids is 2. The van der Waals surface area contributed by atoms with Crippen molar-refractivity contribution in [2.45, 2.75) is 27.2 Å². The maximum Gasteiger partial charge on any atom is 0.255 e. The highest BCUT2D eigenvalue weighted by Crippen LogP contribution is 2.19. The predicted octanol–water partition coefficient (Wildman–Crippen LogP) is 5.72. The van der Waals surface area contributed by atoms with E-state index in [2.05, 4.69) is 29.8 Å². The van der Waals surface area contributed by atoms with Crippen LogP contribution in [-0.2, 0) is 4.79 Å². The van der Waals surface area contributed by atoms with Gasteiger partial charge in [0.15, 0.2) is 0 Å². The normalized spacial score (nSPS) is 10.5. The van der Waals surface area contributed by atoms with Gasteiger partial charge in [0.25, 0.3) is 5.91 Å². The predicted molar refractivity (Wildman–Crippen MR) is 134 cm³/mol. The van der Waals surface area contributed by atoms with Crippen LogP contribution in [0.25, 0.3) is 0 Å². The van der Waals surface area contributed by atoms with Gasteiger partial charge in [-0.25, -0.2) is 0 Å². The Morgan fingerprint density at radius 2 is 1.58 bits per heavy atom. The minimum Gasteiger partial charge on any atom is -0.494 e. The van der Waals surface area contributed by atoms with Crippen LogP contribution in [0, 0.1) is 12.8 Å². The first-order valence-electron chi connectivity index (χ1n) is 11.1. The number of anilines is 3. The monoisotopic (exact) mass is 445 g/mol. The fourth-order valence-electron chi connectivity index (χ4n) is 3.12. The smallest absolute Gasteiger partial charge is 0.255 e. The van der Waals surface area contributed by atoms with Gasteiger partial charge < -0.3 is 20.7 Å². The van der Waals surface area contributed by atoms with Gasteiger partial charge in [-0.15, -0.1) is 0 Å². The lowest BCUT2D eigenvalue weighted by Gasteiger charge is -2.11. The van der Waals surface area contributed by atoms with E-state index in [-0.39, 0.29) is 18.4 Å². The Balaban J connectivity index is 1.46. The molecule has 0 radical (unpaired) electrons. The van der Waals surface area contributed by atoms with E-state index in [1.165, 1.54) is 0 Å². The van der Waals surface area contributed by atoms with Gasteiger partial charge in [0, 0.05) is 28.7 Å². The Labute approximate surface area is 195 Å². The Kier molecular flexibility index (Phi) is 8.47. The second-order valence-electron chi connectivity index (χ2n) is 8.36. The molecule has 6 heteroatoms. The van der Waals surface area contributed by atoms with Crippen molar-refractivity contribution in [1.29, 1.82) is 0 Å². The summed E-state index contributed by atoms with van der Waals surface area (Å²) in [7, 11) is 0. The number of nitrogens with one attached hydrogen (secondary N) is 3. The quantitative estimate of drug-likeness (QED) is 0.373. The molecule has 0 aliphatic rings. The van der Waals surface area contributed by atoms with Crippen molar-refractivity contribution in [1.82, 2.24) is 0 Å². The van der Waals surface area contributed by atoms with Gasteiger partial charge >= 0.3 is 0 Å². The highest BCUT2D eigenvalue weighted by Gasteiger charge is 2.07. The van der Waals surface area contributed by atoms with Crippen LogP contribution < -0.4 is 20.7 Å². The molecule has 0 bridgehead atoms. The number of aryl methyl sites for hydroxylation is 1. The lowest BCUT2D eigenvalue weighted by molar-refractivity contribution is -0.114. The van der Waals surface area contributed by atoms with Gasteiger partial charge in [0.05, 0.1) is 13.2 Å². The second-order valence-corrected chi connectivity index (χ2v) is 8.36. The molecule has 2 amide bonds. The van der Waals surface area contributed by atoms with Crippen LogP contribution in [0.15, 0.2) is 72.8 Å². The molecule has 0 aromatic heterocycles. The average molecular weight is 446 g/mol. The highest BCUT2D eigenvalue weighted by atomic mass is 16.5. The average Bonchev–Trinajstić information content (AvgIpc) is 2.78. The molecule has 3 N–H and O–H groups in total. The van der Waals surface area contributed by atoms with Crippen molar-refractivity contribution in [2.24, 2.45) is 5.92 Å². The minimum absolute atomic E-state index is 0.118. The van der Waals surface area contributed by atoms with Crippen molar-refractivity contribution in [3.05, 3.63) is 83.9 Å². The molecule has 0 aliphatic carbocycles. The zero-order valence-corrected chi connectivity index (χ0v) is 19.4. The molecule has 0 spiro atoms. The zero-order chi connectivity index (χ0) is 23.6. The lowest BCUT2D eigenvalue weighted by Crippen LogP contribution is -2.21. The van der Waals surface area contributed by atoms with Crippen LogP contribution in [0.3, 0.4) is 0 Å². The van der Waals surface area contributed by atoms with Crippen molar-refractivity contribution >= 4 is 28.9 Å². The Morgan fingerprint density at radius 1 is 0.848 bits per heavy atom. The van der Waals surface area contributed by atoms with Crippen molar-refractivity contribution < 1.29 is 14.3 Å². The van der Waals surface area contributed by atoms with Crippen LogP contribution in [-0.4, -0.2) is 25.0 Å². The number of ether oxygens (including phenoxy) is 1. The summed E-state index contributed by atoms with van der Waals surface area (Å²) in [5.74, 6) is 1.00. The van der Waals surface area contributed by atoms with E-state index in [0.717, 1.165) is 23.4 Å². The van der Waals surface area contributed by atoms with E-state index in [1.54, 1.807) is 18.2 Å². The maximum absolute atomic E-state index is 12.4. The van der Waals surface area contributed by atoms with E-state index < -0.39 is 0 Å². The molecule has 0 saturated carbocycles. The number of rotatable bonds is 10. The fraction of sp³-hybridized carbons (Fsp3) is 0.259. The highest BCUT2D eigenvalue weighted by molar-refractivity contribution is 6.04. The van der Waals surface area contributed by atoms with Crippen LogP contribution in [0.5, 0.6) is 5.75 Å². The van der Waals surface area contributed by atoms with Crippen molar-refractivity contribution in [2.75, 3.05) is 29.1 Å². The summed E-state index contributed by atoms with van der Waals surface area (Å²) in [5, 5.41) is 8.84. The molecule has 3 aromatic carbocycles. The molecular weight excluding hydrogens is 414 g/mol. The summed E-state index contributed by atoms with van der Waals surface area (Å²) in [5.41, 5.74) is 3.81. The molecule has 0 saturated heterocycles. The standard InChI is InChI=1S/C27H31N3O3/c1-19(2)14-15-33-25-9-5-8-24(17-25)29-26(31)18-28-22-10-12-23(13-11-22)30-27(32)21-7-4-6-20(3)16-21/h4-13,16-17,19,28H,14-15,18H2,1-3H3,(H,29,31)(H,30,32). The lowest BCUT2D eigenvalue weighted by atomic mass is 10.1. The molecule has 0 heterocycles. The van der Waals surface area contributed by atoms with E-state index in [0.29, 0.717) is 29.5 Å². The molecule has 0 aliphatic heterocycles. The van der Waals surface area contributed by atoms with Crippen LogP contribution in [0.4, 0.5) is 17.1 Å². The number of benzene rings is 3. The minimum atomic E-state index is -0.161. The van der Waals surface area contributed by atoms with E-state index in [1.807, 2.05) is 61.5 Å². The molecule has 0 unspecified atom stereocenters.